The molecule has 102 valence electrons. The lowest BCUT2D eigenvalue weighted by Gasteiger charge is -2.10. The number of benzene rings is 1. The molecule has 0 saturated carbocycles. The molecule has 0 bridgehead atoms. The first-order chi connectivity index (χ1) is 9.06. The molecule has 2 rings (SSSR count). The zero-order valence-corrected chi connectivity index (χ0v) is 13.2. The molecule has 4 nitrogen and oxygen atoms in total. The second kappa shape index (κ2) is 5.75. The van der Waals surface area contributed by atoms with Crippen molar-refractivity contribution in [2.75, 3.05) is 14.2 Å². The van der Waals surface area contributed by atoms with E-state index < -0.39 is 0 Å². The highest BCUT2D eigenvalue weighted by Crippen LogP contribution is 2.35. The van der Waals surface area contributed by atoms with Crippen LogP contribution in [0.3, 0.4) is 0 Å². The number of nitrogens with zero attached hydrogens (tertiary/aromatic N) is 1. The Labute approximate surface area is 121 Å². The highest BCUT2D eigenvalue weighted by molar-refractivity contribution is 9.10. The van der Waals surface area contributed by atoms with Crippen molar-refractivity contribution in [1.29, 1.82) is 0 Å². The Balaban J connectivity index is 2.54. The molecule has 0 fully saturated rings. The smallest absolute Gasteiger partial charge is 0.128 e. The number of H-pyrrole nitrogens is 1. The average molecular weight is 324 g/mol. The van der Waals surface area contributed by atoms with E-state index in [0.717, 1.165) is 27.4 Å². The van der Waals surface area contributed by atoms with Gasteiger partial charge in [0.15, 0.2) is 0 Å². The number of aryl methyl sites for hydroxylation is 2. The molecule has 1 aromatic carbocycles. The van der Waals surface area contributed by atoms with Gasteiger partial charge in [0.05, 0.1) is 13.7 Å². The molecule has 5 heteroatoms. The van der Waals surface area contributed by atoms with Crippen LogP contribution < -0.4 is 10.1 Å². The minimum atomic E-state index is 0.700. The van der Waals surface area contributed by atoms with Gasteiger partial charge in [-0.15, -0.1) is 0 Å². The zero-order valence-electron chi connectivity index (χ0n) is 11.6. The second-order valence-corrected chi connectivity index (χ2v) is 5.31. The van der Waals surface area contributed by atoms with E-state index in [0.29, 0.717) is 6.54 Å². The van der Waals surface area contributed by atoms with Gasteiger partial charge in [-0.1, -0.05) is 0 Å². The van der Waals surface area contributed by atoms with E-state index in [1.165, 1.54) is 11.1 Å². The number of hydrogen-bond acceptors (Lipinski definition) is 3. The highest BCUT2D eigenvalue weighted by atomic mass is 79.9. The van der Waals surface area contributed by atoms with Crippen LogP contribution in [0.1, 0.15) is 17.0 Å². The number of ether oxygens (including phenoxy) is 1. The molecule has 0 saturated heterocycles. The van der Waals surface area contributed by atoms with Gasteiger partial charge in [0, 0.05) is 5.56 Å². The van der Waals surface area contributed by atoms with E-state index in [-0.39, 0.29) is 0 Å². The van der Waals surface area contributed by atoms with Crippen LogP contribution in [-0.2, 0) is 6.54 Å². The summed E-state index contributed by atoms with van der Waals surface area (Å²) in [5.74, 6) is 1.73. The largest absolute Gasteiger partial charge is 0.496 e. The predicted octanol–water partition coefficient (Wildman–Crippen LogP) is 3.18. The van der Waals surface area contributed by atoms with Gasteiger partial charge in [-0.2, -0.15) is 0 Å². The summed E-state index contributed by atoms with van der Waals surface area (Å²) in [4.78, 5) is 7.82. The molecular weight excluding hydrogens is 306 g/mol. The van der Waals surface area contributed by atoms with Gasteiger partial charge >= 0.3 is 0 Å². The summed E-state index contributed by atoms with van der Waals surface area (Å²) in [5.41, 5.74) is 4.31. The third kappa shape index (κ3) is 2.82. The van der Waals surface area contributed by atoms with Crippen LogP contribution >= 0.6 is 15.9 Å². The fourth-order valence-corrected chi connectivity index (χ4v) is 2.50. The Morgan fingerprint density at radius 3 is 2.63 bits per heavy atom. The lowest BCUT2D eigenvalue weighted by atomic mass is 10.0. The fraction of sp³-hybridized carbons (Fsp3) is 0.357. The average Bonchev–Trinajstić information content (AvgIpc) is 2.73. The molecule has 1 aromatic heterocycles. The van der Waals surface area contributed by atoms with Crippen LogP contribution in [0.25, 0.3) is 11.3 Å². The molecule has 0 aliphatic heterocycles. The molecule has 0 aliphatic rings. The summed E-state index contributed by atoms with van der Waals surface area (Å²) in [7, 11) is 3.58. The monoisotopic (exact) mass is 323 g/mol. The summed E-state index contributed by atoms with van der Waals surface area (Å²) in [6.45, 7) is 4.87. The van der Waals surface area contributed by atoms with Crippen molar-refractivity contribution in [2.45, 2.75) is 20.4 Å². The first-order valence-electron chi connectivity index (χ1n) is 6.11. The van der Waals surface area contributed by atoms with Crippen LogP contribution in [0.15, 0.2) is 16.7 Å². The second-order valence-electron chi connectivity index (χ2n) is 4.51. The molecule has 19 heavy (non-hydrogen) atoms. The van der Waals surface area contributed by atoms with Crippen molar-refractivity contribution in [1.82, 2.24) is 15.3 Å². The molecule has 0 amide bonds. The number of aromatic amines is 1. The minimum Gasteiger partial charge on any atom is -0.496 e. The van der Waals surface area contributed by atoms with Crippen LogP contribution in [0.2, 0.25) is 0 Å². The quantitative estimate of drug-likeness (QED) is 0.908. The lowest BCUT2D eigenvalue weighted by Crippen LogP contribution is -2.06. The van der Waals surface area contributed by atoms with Gasteiger partial charge in [0.25, 0.3) is 0 Å². The maximum atomic E-state index is 5.47. The summed E-state index contributed by atoms with van der Waals surface area (Å²) < 4.78 is 6.34. The van der Waals surface area contributed by atoms with Gasteiger partial charge in [0.1, 0.15) is 21.9 Å². The number of hydrogen-bond donors (Lipinski definition) is 2. The molecule has 1 heterocycles. The molecule has 0 atom stereocenters. The maximum absolute atomic E-state index is 5.47. The normalized spacial score (nSPS) is 10.8. The van der Waals surface area contributed by atoms with Gasteiger partial charge in [-0.25, -0.2) is 4.98 Å². The summed E-state index contributed by atoms with van der Waals surface area (Å²) >= 11 is 3.53. The van der Waals surface area contributed by atoms with Gasteiger partial charge in [-0.3, -0.25) is 0 Å². The number of halogens is 1. The molecule has 0 spiro atoms. The molecule has 2 aromatic rings. The summed E-state index contributed by atoms with van der Waals surface area (Å²) in [6, 6.07) is 4.15. The van der Waals surface area contributed by atoms with Crippen molar-refractivity contribution >= 4 is 15.9 Å². The van der Waals surface area contributed by atoms with E-state index in [9.17, 15) is 0 Å². The van der Waals surface area contributed by atoms with Crippen molar-refractivity contribution in [3.63, 3.8) is 0 Å². The van der Waals surface area contributed by atoms with E-state index >= 15 is 0 Å². The zero-order chi connectivity index (χ0) is 14.0. The molecule has 0 unspecified atom stereocenters. The lowest BCUT2D eigenvalue weighted by molar-refractivity contribution is 0.416. The molecular formula is C14H18BrN3O. The third-order valence-electron chi connectivity index (χ3n) is 3.12. The van der Waals surface area contributed by atoms with Crippen LogP contribution in [0, 0.1) is 13.8 Å². The Morgan fingerprint density at radius 2 is 2.00 bits per heavy atom. The standard InChI is InChI=1S/C14H18BrN3O/c1-8-5-10(11(19-4)6-9(8)2)13-14(15)18-12(17-13)7-16-3/h5-6,16H,7H2,1-4H3,(H,17,18). The van der Waals surface area contributed by atoms with Crippen molar-refractivity contribution in [2.24, 2.45) is 0 Å². The van der Waals surface area contributed by atoms with E-state index in [1.807, 2.05) is 13.1 Å². The van der Waals surface area contributed by atoms with Crippen LogP contribution in [0.5, 0.6) is 5.75 Å². The first kappa shape index (κ1) is 14.1. The summed E-state index contributed by atoms with van der Waals surface area (Å²) in [6.07, 6.45) is 0. The first-order valence-corrected chi connectivity index (χ1v) is 6.90. The topological polar surface area (TPSA) is 49.9 Å². The minimum absolute atomic E-state index is 0.700. The van der Waals surface area contributed by atoms with Crippen molar-refractivity contribution in [3.8, 4) is 17.0 Å². The Morgan fingerprint density at radius 1 is 1.32 bits per heavy atom. The third-order valence-corrected chi connectivity index (χ3v) is 3.70. The van der Waals surface area contributed by atoms with E-state index in [1.54, 1.807) is 7.11 Å². The number of imidazole rings is 1. The summed E-state index contributed by atoms with van der Waals surface area (Å²) in [5, 5.41) is 3.08. The Kier molecular flexibility index (Phi) is 4.27. The molecule has 2 N–H and O–H groups in total. The van der Waals surface area contributed by atoms with E-state index in [2.05, 4.69) is 51.1 Å². The highest BCUT2D eigenvalue weighted by Gasteiger charge is 2.15. The predicted molar refractivity (Wildman–Crippen MR) is 80.5 cm³/mol. The number of rotatable bonds is 4. The number of aromatic nitrogens is 2. The maximum Gasteiger partial charge on any atom is 0.128 e. The van der Waals surface area contributed by atoms with Crippen molar-refractivity contribution < 1.29 is 4.74 Å². The SMILES string of the molecule is CNCc1nc(-c2cc(C)c(C)cc2OC)c(Br)[nH]1. The molecule has 0 aliphatic carbocycles. The van der Waals surface area contributed by atoms with E-state index in [4.69, 9.17) is 4.74 Å². The Hall–Kier alpha value is -1.33. The van der Waals surface area contributed by atoms with Crippen LogP contribution in [-0.4, -0.2) is 24.1 Å². The van der Waals surface area contributed by atoms with Crippen LogP contribution in [0.4, 0.5) is 0 Å². The van der Waals surface area contributed by atoms with Gasteiger partial charge in [-0.05, 0) is 60.1 Å². The van der Waals surface area contributed by atoms with Gasteiger partial charge in [0.2, 0.25) is 0 Å². The number of nitrogens with one attached hydrogen (secondary N) is 2. The Bertz CT molecular complexity index is 593. The number of methoxy groups -OCH3 is 1. The van der Waals surface area contributed by atoms with Crippen molar-refractivity contribution in [3.05, 3.63) is 33.7 Å². The fourth-order valence-electron chi connectivity index (χ4n) is 1.97. The van der Waals surface area contributed by atoms with Gasteiger partial charge < -0.3 is 15.0 Å². The molecule has 0 radical (unpaired) electrons.